The number of aliphatic hydroxyl groups is 1. The fourth-order valence-electron chi connectivity index (χ4n) is 2.02. The molecule has 0 spiro atoms. The number of thiazole rings is 1. The van der Waals surface area contributed by atoms with Crippen molar-refractivity contribution < 1.29 is 5.11 Å². The summed E-state index contributed by atoms with van der Waals surface area (Å²) in [6.07, 6.45) is 0. The number of nitrogens with zero attached hydrogens (tertiary/aromatic N) is 2. The Balaban J connectivity index is 1.99. The Kier molecular flexibility index (Phi) is 6.15. The fraction of sp³-hybridized carbons (Fsp3) is 0.500. The molecule has 2 heterocycles. The van der Waals surface area contributed by atoms with Gasteiger partial charge in [0.15, 0.2) is 5.96 Å². The van der Waals surface area contributed by atoms with Crippen molar-refractivity contribution in [3.05, 3.63) is 38.0 Å². The molecule has 2 aromatic rings. The predicted molar refractivity (Wildman–Crippen MR) is 98.3 cm³/mol. The smallest absolute Gasteiger partial charge is 0.191 e. The first-order valence-corrected chi connectivity index (χ1v) is 9.33. The van der Waals surface area contributed by atoms with Crippen LogP contribution in [0.25, 0.3) is 0 Å². The molecule has 5 nitrogen and oxygen atoms in total. The van der Waals surface area contributed by atoms with E-state index < -0.39 is 5.60 Å². The maximum absolute atomic E-state index is 10.6. The van der Waals surface area contributed by atoms with E-state index >= 15 is 0 Å². The second-order valence-corrected chi connectivity index (χ2v) is 7.78. The number of aromatic nitrogens is 1. The molecule has 0 aliphatic rings. The SMILES string of the molecule is CCNC(=NCc1nc(C)c(C)s1)NCC(C)(O)c1cccs1. The van der Waals surface area contributed by atoms with Crippen LogP contribution in [0.4, 0.5) is 0 Å². The summed E-state index contributed by atoms with van der Waals surface area (Å²) >= 11 is 3.23. The van der Waals surface area contributed by atoms with Gasteiger partial charge in [0, 0.05) is 16.3 Å². The average molecular weight is 353 g/mol. The Bertz CT molecular complexity index is 628. The van der Waals surface area contributed by atoms with Crippen LogP contribution < -0.4 is 10.6 Å². The van der Waals surface area contributed by atoms with E-state index in [1.54, 1.807) is 22.7 Å². The Hall–Kier alpha value is -1.44. The number of aliphatic imine (C=N–C) groups is 1. The number of nitrogens with one attached hydrogen (secondary N) is 2. The van der Waals surface area contributed by atoms with Crippen molar-refractivity contribution in [1.82, 2.24) is 15.6 Å². The van der Waals surface area contributed by atoms with Gasteiger partial charge < -0.3 is 15.7 Å². The van der Waals surface area contributed by atoms with Crippen LogP contribution in [0.3, 0.4) is 0 Å². The van der Waals surface area contributed by atoms with E-state index in [0.717, 1.165) is 22.1 Å². The van der Waals surface area contributed by atoms with Gasteiger partial charge in [0.1, 0.15) is 10.6 Å². The molecule has 3 N–H and O–H groups in total. The lowest BCUT2D eigenvalue weighted by Gasteiger charge is -2.23. The van der Waals surface area contributed by atoms with E-state index in [1.807, 2.05) is 38.3 Å². The zero-order valence-corrected chi connectivity index (χ0v) is 15.6. The van der Waals surface area contributed by atoms with Crippen LogP contribution in [0, 0.1) is 13.8 Å². The molecule has 2 aromatic heterocycles. The fourth-order valence-corrected chi connectivity index (χ4v) is 3.67. The van der Waals surface area contributed by atoms with Crippen molar-refractivity contribution in [2.75, 3.05) is 13.1 Å². The number of thiophene rings is 1. The van der Waals surface area contributed by atoms with Crippen molar-refractivity contribution in [1.29, 1.82) is 0 Å². The second-order valence-electron chi connectivity index (χ2n) is 5.55. The quantitative estimate of drug-likeness (QED) is 0.552. The van der Waals surface area contributed by atoms with Crippen molar-refractivity contribution in [2.45, 2.75) is 39.8 Å². The number of rotatable bonds is 6. The zero-order valence-electron chi connectivity index (χ0n) is 14.0. The number of hydrogen-bond donors (Lipinski definition) is 3. The van der Waals surface area contributed by atoms with Crippen LogP contribution in [0.5, 0.6) is 0 Å². The lowest BCUT2D eigenvalue weighted by molar-refractivity contribution is 0.0655. The highest BCUT2D eigenvalue weighted by Crippen LogP contribution is 2.24. The molecule has 23 heavy (non-hydrogen) atoms. The summed E-state index contributed by atoms with van der Waals surface area (Å²) in [7, 11) is 0. The molecule has 7 heteroatoms. The van der Waals surface area contributed by atoms with Crippen LogP contribution in [0.15, 0.2) is 22.5 Å². The van der Waals surface area contributed by atoms with Gasteiger partial charge >= 0.3 is 0 Å². The van der Waals surface area contributed by atoms with Crippen molar-refractivity contribution in [2.24, 2.45) is 4.99 Å². The highest BCUT2D eigenvalue weighted by Gasteiger charge is 2.24. The zero-order chi connectivity index (χ0) is 16.9. The average Bonchev–Trinajstić information content (AvgIpc) is 3.13. The minimum atomic E-state index is -0.918. The molecular formula is C16H24N4OS2. The van der Waals surface area contributed by atoms with E-state index in [1.165, 1.54) is 4.88 Å². The molecule has 0 radical (unpaired) electrons. The lowest BCUT2D eigenvalue weighted by Crippen LogP contribution is -2.44. The summed E-state index contributed by atoms with van der Waals surface area (Å²) in [4.78, 5) is 11.2. The van der Waals surface area contributed by atoms with Gasteiger partial charge in [0.05, 0.1) is 18.8 Å². The lowest BCUT2D eigenvalue weighted by atomic mass is 10.1. The highest BCUT2D eigenvalue weighted by atomic mass is 32.1. The van der Waals surface area contributed by atoms with E-state index in [-0.39, 0.29) is 0 Å². The first kappa shape index (κ1) is 17.9. The summed E-state index contributed by atoms with van der Waals surface area (Å²) in [5, 5.41) is 20.0. The second kappa shape index (κ2) is 7.90. The first-order chi connectivity index (χ1) is 10.9. The largest absolute Gasteiger partial charge is 0.383 e. The molecule has 0 aromatic carbocycles. The van der Waals surface area contributed by atoms with Gasteiger partial charge in [-0.1, -0.05) is 6.07 Å². The van der Waals surface area contributed by atoms with Gasteiger partial charge in [-0.2, -0.15) is 0 Å². The van der Waals surface area contributed by atoms with Crippen LogP contribution in [-0.4, -0.2) is 29.1 Å². The monoisotopic (exact) mass is 352 g/mol. The molecule has 126 valence electrons. The van der Waals surface area contributed by atoms with Crippen molar-refractivity contribution in [3.8, 4) is 0 Å². The van der Waals surface area contributed by atoms with Gasteiger partial charge in [-0.25, -0.2) is 9.98 Å². The van der Waals surface area contributed by atoms with Gasteiger partial charge in [0.25, 0.3) is 0 Å². The molecular weight excluding hydrogens is 328 g/mol. The molecule has 0 aliphatic heterocycles. The normalized spacial score (nSPS) is 14.6. The topological polar surface area (TPSA) is 69.5 Å². The third kappa shape index (κ3) is 5.02. The molecule has 0 fully saturated rings. The highest BCUT2D eigenvalue weighted by molar-refractivity contribution is 7.11. The Morgan fingerprint density at radius 1 is 1.39 bits per heavy atom. The maximum atomic E-state index is 10.6. The van der Waals surface area contributed by atoms with E-state index in [0.29, 0.717) is 19.0 Å². The first-order valence-electron chi connectivity index (χ1n) is 7.64. The summed E-state index contributed by atoms with van der Waals surface area (Å²) in [5.74, 6) is 0.690. The Morgan fingerprint density at radius 2 is 2.17 bits per heavy atom. The standard InChI is InChI=1S/C16H24N4OS2/c1-5-17-15(18-9-14-20-11(2)12(3)23-14)19-10-16(4,21)13-7-6-8-22-13/h6-8,21H,5,9-10H2,1-4H3,(H2,17,18,19). The van der Waals surface area contributed by atoms with Crippen molar-refractivity contribution in [3.63, 3.8) is 0 Å². The number of aryl methyl sites for hydroxylation is 2. The molecule has 0 saturated carbocycles. The maximum Gasteiger partial charge on any atom is 0.191 e. The summed E-state index contributed by atoms with van der Waals surface area (Å²) in [5.41, 5.74) is 0.150. The summed E-state index contributed by atoms with van der Waals surface area (Å²) < 4.78 is 0. The van der Waals surface area contributed by atoms with E-state index in [9.17, 15) is 5.11 Å². The minimum absolute atomic E-state index is 0.398. The molecule has 0 bridgehead atoms. The van der Waals surface area contributed by atoms with E-state index in [2.05, 4.69) is 27.5 Å². The molecule has 1 unspecified atom stereocenters. The van der Waals surface area contributed by atoms with Crippen LogP contribution in [0.2, 0.25) is 0 Å². The van der Waals surface area contributed by atoms with Gasteiger partial charge in [-0.05, 0) is 39.1 Å². The number of hydrogen-bond acceptors (Lipinski definition) is 5. The van der Waals surface area contributed by atoms with Crippen LogP contribution >= 0.6 is 22.7 Å². The molecule has 0 saturated heterocycles. The van der Waals surface area contributed by atoms with Crippen LogP contribution in [0.1, 0.15) is 34.3 Å². The third-order valence-electron chi connectivity index (χ3n) is 3.44. The van der Waals surface area contributed by atoms with Gasteiger partial charge in [-0.15, -0.1) is 22.7 Å². The van der Waals surface area contributed by atoms with Gasteiger partial charge in [0.2, 0.25) is 0 Å². The predicted octanol–water partition coefficient (Wildman–Crippen LogP) is 2.78. The summed E-state index contributed by atoms with van der Waals surface area (Å²) in [6, 6.07) is 3.89. The minimum Gasteiger partial charge on any atom is -0.383 e. The molecule has 2 rings (SSSR count). The van der Waals surface area contributed by atoms with E-state index in [4.69, 9.17) is 0 Å². The van der Waals surface area contributed by atoms with Crippen LogP contribution in [-0.2, 0) is 12.1 Å². The van der Waals surface area contributed by atoms with Crippen molar-refractivity contribution >= 4 is 28.6 Å². The molecule has 0 amide bonds. The molecule has 1 atom stereocenters. The third-order valence-corrected chi connectivity index (χ3v) is 5.62. The Labute approximate surface area is 145 Å². The van der Waals surface area contributed by atoms with Gasteiger partial charge in [-0.3, -0.25) is 0 Å². The molecule has 0 aliphatic carbocycles. The Morgan fingerprint density at radius 3 is 2.74 bits per heavy atom. The number of guanidine groups is 1. The summed E-state index contributed by atoms with van der Waals surface area (Å²) in [6.45, 7) is 9.62.